The predicted molar refractivity (Wildman–Crippen MR) is 97.6 cm³/mol. The number of rotatable bonds is 7. The zero-order valence-corrected chi connectivity index (χ0v) is 14.4. The van der Waals surface area contributed by atoms with Gasteiger partial charge in [-0.3, -0.25) is 9.88 Å². The molecule has 2 aromatic rings. The number of benzene rings is 1. The Bertz CT molecular complexity index is 592. The third-order valence-corrected chi connectivity index (χ3v) is 5.42. The highest BCUT2D eigenvalue weighted by molar-refractivity contribution is 5.14. The highest BCUT2D eigenvalue weighted by Crippen LogP contribution is 2.36. The van der Waals surface area contributed by atoms with E-state index < -0.39 is 0 Å². The van der Waals surface area contributed by atoms with Crippen LogP contribution in [0.25, 0.3) is 0 Å². The van der Waals surface area contributed by atoms with Crippen LogP contribution in [-0.2, 0) is 13.0 Å². The van der Waals surface area contributed by atoms with Crippen LogP contribution in [0.5, 0.6) is 0 Å². The minimum atomic E-state index is 0.128. The number of aliphatic hydroxyl groups excluding tert-OH is 1. The molecule has 0 radical (unpaired) electrons. The number of hydrogen-bond acceptors (Lipinski definition) is 3. The van der Waals surface area contributed by atoms with Gasteiger partial charge in [0, 0.05) is 25.5 Å². The molecule has 3 nitrogen and oxygen atoms in total. The van der Waals surface area contributed by atoms with Gasteiger partial charge < -0.3 is 5.11 Å². The van der Waals surface area contributed by atoms with Crippen LogP contribution in [0.4, 0.5) is 0 Å². The van der Waals surface area contributed by atoms with Crippen molar-refractivity contribution >= 4 is 0 Å². The van der Waals surface area contributed by atoms with Crippen molar-refractivity contribution in [1.82, 2.24) is 9.88 Å². The molecule has 1 N–H and O–H groups in total. The topological polar surface area (TPSA) is 36.4 Å². The number of pyridine rings is 1. The van der Waals surface area contributed by atoms with Gasteiger partial charge in [0.2, 0.25) is 0 Å². The van der Waals surface area contributed by atoms with Gasteiger partial charge in [0.25, 0.3) is 0 Å². The van der Waals surface area contributed by atoms with Gasteiger partial charge in [-0.1, -0.05) is 30.3 Å². The summed E-state index contributed by atoms with van der Waals surface area (Å²) >= 11 is 0. The summed E-state index contributed by atoms with van der Waals surface area (Å²) in [4.78, 5) is 6.58. The number of hydrogen-bond donors (Lipinski definition) is 1. The molecule has 0 saturated carbocycles. The van der Waals surface area contributed by atoms with E-state index in [0.29, 0.717) is 6.61 Å². The minimum Gasteiger partial charge on any atom is -0.396 e. The lowest BCUT2D eigenvalue weighted by molar-refractivity contribution is 0.0330. The van der Waals surface area contributed by atoms with Gasteiger partial charge in [0.15, 0.2) is 0 Å². The molecule has 1 aliphatic heterocycles. The van der Waals surface area contributed by atoms with Crippen molar-refractivity contribution in [3.63, 3.8) is 0 Å². The molecule has 0 aliphatic carbocycles. The molecule has 0 spiro atoms. The number of aromatic nitrogens is 1. The minimum absolute atomic E-state index is 0.128. The first-order valence-electron chi connectivity index (χ1n) is 9.06. The smallest absolute Gasteiger partial charge is 0.0488 e. The Hall–Kier alpha value is -1.71. The third-order valence-electron chi connectivity index (χ3n) is 5.42. The van der Waals surface area contributed by atoms with Crippen molar-refractivity contribution in [3.8, 4) is 0 Å². The maximum Gasteiger partial charge on any atom is 0.0488 e. The number of aryl methyl sites for hydroxylation is 1. The van der Waals surface area contributed by atoms with Gasteiger partial charge in [0.1, 0.15) is 0 Å². The molecule has 2 heterocycles. The lowest BCUT2D eigenvalue weighted by Gasteiger charge is -2.41. The number of piperidine rings is 1. The van der Waals surface area contributed by atoms with Gasteiger partial charge in [-0.25, -0.2) is 0 Å². The molecule has 0 bridgehead atoms. The summed E-state index contributed by atoms with van der Waals surface area (Å²) in [6.07, 6.45) is 9.33. The SMILES string of the molecule is OCC1(CCCc2ccccc2)CCN(Cc2ccncc2)CC1. The summed E-state index contributed by atoms with van der Waals surface area (Å²) in [6.45, 7) is 3.47. The molecule has 1 aliphatic rings. The van der Waals surface area contributed by atoms with Crippen molar-refractivity contribution in [2.45, 2.75) is 38.6 Å². The van der Waals surface area contributed by atoms with E-state index in [2.05, 4.69) is 52.3 Å². The number of aliphatic hydroxyl groups is 1. The molecule has 0 atom stereocenters. The van der Waals surface area contributed by atoms with Crippen LogP contribution in [-0.4, -0.2) is 34.7 Å². The van der Waals surface area contributed by atoms with E-state index in [1.807, 2.05) is 12.4 Å². The Morgan fingerprint density at radius 1 is 0.958 bits per heavy atom. The summed E-state index contributed by atoms with van der Waals surface area (Å²) < 4.78 is 0. The lowest BCUT2D eigenvalue weighted by Crippen LogP contribution is -2.41. The Kier molecular flexibility index (Phi) is 6.00. The fraction of sp³-hybridized carbons (Fsp3) is 0.476. The Morgan fingerprint density at radius 2 is 1.67 bits per heavy atom. The number of nitrogens with zero attached hydrogens (tertiary/aromatic N) is 2. The normalized spacial score (nSPS) is 17.7. The molecule has 0 amide bonds. The van der Waals surface area contributed by atoms with Crippen LogP contribution in [0.3, 0.4) is 0 Å². The lowest BCUT2D eigenvalue weighted by atomic mass is 9.75. The molecule has 128 valence electrons. The van der Waals surface area contributed by atoms with E-state index in [1.54, 1.807) is 0 Å². The van der Waals surface area contributed by atoms with Gasteiger partial charge in [-0.05, 0) is 73.9 Å². The maximum atomic E-state index is 9.99. The van der Waals surface area contributed by atoms with Gasteiger partial charge >= 0.3 is 0 Å². The molecule has 1 saturated heterocycles. The average Bonchev–Trinajstić information content (AvgIpc) is 2.65. The van der Waals surface area contributed by atoms with Crippen molar-refractivity contribution in [2.24, 2.45) is 5.41 Å². The molecule has 1 fully saturated rings. The Balaban J connectivity index is 1.47. The summed E-state index contributed by atoms with van der Waals surface area (Å²) in [5.41, 5.74) is 2.86. The van der Waals surface area contributed by atoms with Crippen molar-refractivity contribution < 1.29 is 5.11 Å². The van der Waals surface area contributed by atoms with Crippen LogP contribution in [0.1, 0.15) is 36.8 Å². The summed E-state index contributed by atoms with van der Waals surface area (Å²) in [7, 11) is 0. The Labute approximate surface area is 145 Å². The fourth-order valence-electron chi connectivity index (χ4n) is 3.73. The van der Waals surface area contributed by atoms with Gasteiger partial charge in [0.05, 0.1) is 0 Å². The first-order valence-corrected chi connectivity index (χ1v) is 9.06. The van der Waals surface area contributed by atoms with E-state index in [4.69, 9.17) is 0 Å². The number of likely N-dealkylation sites (tertiary alicyclic amines) is 1. The van der Waals surface area contributed by atoms with E-state index >= 15 is 0 Å². The second kappa shape index (κ2) is 8.41. The molecule has 1 aromatic heterocycles. The zero-order chi connectivity index (χ0) is 16.7. The van der Waals surface area contributed by atoms with Crippen molar-refractivity contribution in [2.75, 3.05) is 19.7 Å². The first-order chi connectivity index (χ1) is 11.8. The maximum absolute atomic E-state index is 9.99. The highest BCUT2D eigenvalue weighted by Gasteiger charge is 2.33. The fourth-order valence-corrected chi connectivity index (χ4v) is 3.73. The third kappa shape index (κ3) is 4.65. The van der Waals surface area contributed by atoms with Crippen molar-refractivity contribution in [1.29, 1.82) is 0 Å². The molecule has 3 rings (SSSR count). The largest absolute Gasteiger partial charge is 0.396 e. The molecule has 0 unspecified atom stereocenters. The zero-order valence-electron chi connectivity index (χ0n) is 14.4. The second-order valence-corrected chi connectivity index (χ2v) is 7.13. The average molecular weight is 324 g/mol. The monoisotopic (exact) mass is 324 g/mol. The summed E-state index contributed by atoms with van der Waals surface area (Å²) in [5.74, 6) is 0. The van der Waals surface area contributed by atoms with E-state index in [1.165, 1.54) is 11.1 Å². The van der Waals surface area contributed by atoms with Crippen LogP contribution in [0.15, 0.2) is 54.9 Å². The molecular weight excluding hydrogens is 296 g/mol. The molecule has 24 heavy (non-hydrogen) atoms. The van der Waals surface area contributed by atoms with Gasteiger partial charge in [-0.2, -0.15) is 0 Å². The van der Waals surface area contributed by atoms with Crippen molar-refractivity contribution in [3.05, 3.63) is 66.0 Å². The highest BCUT2D eigenvalue weighted by atomic mass is 16.3. The second-order valence-electron chi connectivity index (χ2n) is 7.13. The van der Waals surface area contributed by atoms with E-state index in [-0.39, 0.29) is 5.41 Å². The standard InChI is InChI=1S/C21H28N2O/c24-18-21(10-4-7-19-5-2-1-3-6-19)11-15-23(16-12-21)17-20-8-13-22-14-9-20/h1-3,5-6,8-9,13-14,24H,4,7,10-12,15-18H2. The predicted octanol–water partition coefficient (Wildman–Crippen LogP) is 3.68. The summed E-state index contributed by atoms with van der Waals surface area (Å²) in [6, 6.07) is 14.9. The first kappa shape index (κ1) is 17.1. The van der Waals surface area contributed by atoms with E-state index in [0.717, 1.165) is 51.7 Å². The molecular formula is C21H28N2O. The van der Waals surface area contributed by atoms with Crippen LogP contribution < -0.4 is 0 Å². The van der Waals surface area contributed by atoms with Crippen LogP contribution >= 0.6 is 0 Å². The van der Waals surface area contributed by atoms with E-state index in [9.17, 15) is 5.11 Å². The van der Waals surface area contributed by atoms with Gasteiger partial charge in [-0.15, -0.1) is 0 Å². The Morgan fingerprint density at radius 3 is 2.33 bits per heavy atom. The molecule has 3 heteroatoms. The van der Waals surface area contributed by atoms with Crippen LogP contribution in [0.2, 0.25) is 0 Å². The molecule has 1 aromatic carbocycles. The summed E-state index contributed by atoms with van der Waals surface area (Å²) in [5, 5.41) is 9.99. The quantitative estimate of drug-likeness (QED) is 0.844. The van der Waals surface area contributed by atoms with Crippen LogP contribution in [0, 0.1) is 5.41 Å².